The average molecular weight is 295 g/mol. The largest absolute Gasteiger partial charge is 0.494 e. The van der Waals surface area contributed by atoms with Crippen molar-refractivity contribution in [2.24, 2.45) is 5.84 Å². The predicted octanol–water partition coefficient (Wildman–Crippen LogP) is 3.35. The van der Waals surface area contributed by atoms with Gasteiger partial charge in [0.15, 0.2) is 11.6 Å². The first-order valence-corrected chi connectivity index (χ1v) is 6.50. The molecule has 0 saturated carbocycles. The van der Waals surface area contributed by atoms with Crippen LogP contribution in [0, 0.1) is 12.7 Å². The van der Waals surface area contributed by atoms with Crippen molar-refractivity contribution in [2.75, 3.05) is 7.11 Å². The summed E-state index contributed by atoms with van der Waals surface area (Å²) in [5, 5.41) is 0.587. The van der Waals surface area contributed by atoms with Crippen LogP contribution in [0.4, 0.5) is 4.39 Å². The smallest absolute Gasteiger partial charge is 0.165 e. The molecule has 0 aliphatic rings. The number of hydrogen-bond acceptors (Lipinski definition) is 3. The number of aryl methyl sites for hydroxylation is 1. The standard InChI is InChI=1S/C15H16ClFN2O/c1-9-3-5-11(12(16)7-9)15(19-18)10-4-6-14(20-2)13(17)8-10/h3-8,15,19H,18H2,1-2H3. The maximum atomic E-state index is 13.8. The Labute approximate surface area is 122 Å². The van der Waals surface area contributed by atoms with Crippen LogP contribution < -0.4 is 16.0 Å². The van der Waals surface area contributed by atoms with Crippen LogP contribution in [-0.4, -0.2) is 7.11 Å². The van der Waals surface area contributed by atoms with Gasteiger partial charge in [0, 0.05) is 5.02 Å². The molecule has 2 aromatic rings. The molecule has 0 saturated heterocycles. The van der Waals surface area contributed by atoms with Gasteiger partial charge in [0.2, 0.25) is 0 Å². The number of hydrogen-bond donors (Lipinski definition) is 2. The summed E-state index contributed by atoms with van der Waals surface area (Å²) >= 11 is 6.24. The van der Waals surface area contributed by atoms with Crippen LogP contribution >= 0.6 is 11.6 Å². The Balaban J connectivity index is 2.44. The number of methoxy groups -OCH3 is 1. The number of benzene rings is 2. The lowest BCUT2D eigenvalue weighted by molar-refractivity contribution is 0.385. The van der Waals surface area contributed by atoms with Gasteiger partial charge in [-0.05, 0) is 41.8 Å². The van der Waals surface area contributed by atoms with Gasteiger partial charge in [0.25, 0.3) is 0 Å². The lowest BCUT2D eigenvalue weighted by atomic mass is 9.98. The monoisotopic (exact) mass is 294 g/mol. The van der Waals surface area contributed by atoms with E-state index in [0.29, 0.717) is 10.6 Å². The van der Waals surface area contributed by atoms with E-state index in [0.717, 1.165) is 11.1 Å². The highest BCUT2D eigenvalue weighted by atomic mass is 35.5. The van der Waals surface area contributed by atoms with Gasteiger partial charge in [-0.25, -0.2) is 9.82 Å². The fraction of sp³-hybridized carbons (Fsp3) is 0.200. The second-order valence-corrected chi connectivity index (χ2v) is 4.93. The number of ether oxygens (including phenoxy) is 1. The van der Waals surface area contributed by atoms with Crippen LogP contribution in [0.5, 0.6) is 5.75 Å². The van der Waals surface area contributed by atoms with E-state index < -0.39 is 5.82 Å². The average Bonchev–Trinajstić information content (AvgIpc) is 2.42. The third kappa shape index (κ3) is 2.93. The zero-order chi connectivity index (χ0) is 14.7. The summed E-state index contributed by atoms with van der Waals surface area (Å²) in [4.78, 5) is 0. The molecule has 0 aromatic heterocycles. The second kappa shape index (κ2) is 6.22. The van der Waals surface area contributed by atoms with Crippen LogP contribution in [0.2, 0.25) is 5.02 Å². The zero-order valence-electron chi connectivity index (χ0n) is 11.3. The minimum absolute atomic E-state index is 0.194. The third-order valence-electron chi connectivity index (χ3n) is 3.14. The molecule has 0 radical (unpaired) electrons. The van der Waals surface area contributed by atoms with E-state index in [1.807, 2.05) is 25.1 Å². The van der Waals surface area contributed by atoms with E-state index in [4.69, 9.17) is 22.2 Å². The highest BCUT2D eigenvalue weighted by Crippen LogP contribution is 2.30. The van der Waals surface area contributed by atoms with Crippen LogP contribution in [0.1, 0.15) is 22.7 Å². The Bertz CT molecular complexity index is 619. The van der Waals surface area contributed by atoms with Crippen molar-refractivity contribution in [3.8, 4) is 5.75 Å². The number of rotatable bonds is 4. The molecular formula is C15H16ClFN2O. The fourth-order valence-corrected chi connectivity index (χ4v) is 2.44. The fourth-order valence-electron chi connectivity index (χ4n) is 2.09. The molecule has 2 aromatic carbocycles. The van der Waals surface area contributed by atoms with E-state index in [1.54, 1.807) is 12.1 Å². The van der Waals surface area contributed by atoms with Crippen LogP contribution in [-0.2, 0) is 0 Å². The summed E-state index contributed by atoms with van der Waals surface area (Å²) in [5.41, 5.74) is 5.19. The van der Waals surface area contributed by atoms with E-state index in [2.05, 4.69) is 5.43 Å². The van der Waals surface area contributed by atoms with Crippen molar-refractivity contribution in [1.82, 2.24) is 5.43 Å². The summed E-state index contributed by atoms with van der Waals surface area (Å²) in [6, 6.07) is 9.99. The van der Waals surface area contributed by atoms with Gasteiger partial charge in [-0.2, -0.15) is 0 Å². The first kappa shape index (κ1) is 14.8. The zero-order valence-corrected chi connectivity index (χ0v) is 12.0. The molecule has 20 heavy (non-hydrogen) atoms. The number of hydrazine groups is 1. The van der Waals surface area contributed by atoms with Gasteiger partial charge < -0.3 is 4.74 Å². The van der Waals surface area contributed by atoms with Crippen LogP contribution in [0.15, 0.2) is 36.4 Å². The Morgan fingerprint density at radius 1 is 1.25 bits per heavy atom. The molecule has 0 amide bonds. The normalized spacial score (nSPS) is 12.2. The minimum Gasteiger partial charge on any atom is -0.494 e. The van der Waals surface area contributed by atoms with Crippen molar-refractivity contribution in [1.29, 1.82) is 0 Å². The summed E-state index contributed by atoms with van der Waals surface area (Å²) in [6.45, 7) is 1.95. The third-order valence-corrected chi connectivity index (χ3v) is 3.47. The van der Waals surface area contributed by atoms with E-state index in [9.17, 15) is 4.39 Å². The molecule has 1 atom stereocenters. The van der Waals surface area contributed by atoms with Gasteiger partial charge in [-0.3, -0.25) is 5.84 Å². The first-order valence-electron chi connectivity index (χ1n) is 6.12. The predicted molar refractivity (Wildman–Crippen MR) is 78.3 cm³/mol. The molecular weight excluding hydrogens is 279 g/mol. The lowest BCUT2D eigenvalue weighted by Crippen LogP contribution is -2.29. The minimum atomic E-state index is -0.437. The summed E-state index contributed by atoms with van der Waals surface area (Å²) in [7, 11) is 1.42. The summed E-state index contributed by atoms with van der Waals surface area (Å²) < 4.78 is 18.7. The highest BCUT2D eigenvalue weighted by Gasteiger charge is 2.17. The maximum absolute atomic E-state index is 13.8. The van der Waals surface area contributed by atoms with E-state index in [-0.39, 0.29) is 11.8 Å². The Morgan fingerprint density at radius 3 is 2.55 bits per heavy atom. The van der Waals surface area contributed by atoms with Gasteiger partial charge >= 0.3 is 0 Å². The Kier molecular flexibility index (Phi) is 4.60. The number of halogens is 2. The summed E-state index contributed by atoms with van der Waals surface area (Å²) in [6.07, 6.45) is 0. The second-order valence-electron chi connectivity index (χ2n) is 4.52. The maximum Gasteiger partial charge on any atom is 0.165 e. The molecule has 0 fully saturated rings. The van der Waals surface area contributed by atoms with Gasteiger partial charge in [0.05, 0.1) is 13.2 Å². The SMILES string of the molecule is COc1ccc(C(NN)c2ccc(C)cc2Cl)cc1F. The van der Waals surface area contributed by atoms with Crippen LogP contribution in [0.25, 0.3) is 0 Å². The molecule has 0 aliphatic carbocycles. The van der Waals surface area contributed by atoms with E-state index >= 15 is 0 Å². The Hall–Kier alpha value is -1.62. The van der Waals surface area contributed by atoms with E-state index in [1.165, 1.54) is 13.2 Å². The van der Waals surface area contributed by atoms with Gasteiger partial charge in [-0.1, -0.05) is 29.8 Å². The summed E-state index contributed by atoms with van der Waals surface area (Å²) in [5.74, 6) is 5.36. The molecule has 0 aliphatic heterocycles. The Morgan fingerprint density at radius 2 is 2.00 bits per heavy atom. The van der Waals surface area contributed by atoms with Gasteiger partial charge in [0.1, 0.15) is 0 Å². The van der Waals surface area contributed by atoms with Crippen molar-refractivity contribution < 1.29 is 9.13 Å². The lowest BCUT2D eigenvalue weighted by Gasteiger charge is -2.19. The van der Waals surface area contributed by atoms with Crippen molar-refractivity contribution >= 4 is 11.6 Å². The van der Waals surface area contributed by atoms with Crippen molar-refractivity contribution in [2.45, 2.75) is 13.0 Å². The number of nitrogens with one attached hydrogen (secondary N) is 1. The molecule has 1 unspecified atom stereocenters. The molecule has 106 valence electrons. The van der Waals surface area contributed by atoms with Gasteiger partial charge in [-0.15, -0.1) is 0 Å². The molecule has 3 N–H and O–H groups in total. The van der Waals surface area contributed by atoms with Crippen LogP contribution in [0.3, 0.4) is 0 Å². The quantitative estimate of drug-likeness (QED) is 0.671. The van der Waals surface area contributed by atoms with Crippen molar-refractivity contribution in [3.05, 3.63) is 63.9 Å². The molecule has 5 heteroatoms. The molecule has 2 rings (SSSR count). The first-order chi connectivity index (χ1) is 9.56. The number of nitrogens with two attached hydrogens (primary N) is 1. The van der Waals surface area contributed by atoms with Crippen molar-refractivity contribution in [3.63, 3.8) is 0 Å². The topological polar surface area (TPSA) is 47.3 Å². The molecule has 3 nitrogen and oxygen atoms in total. The highest BCUT2D eigenvalue weighted by molar-refractivity contribution is 6.31. The molecule has 0 heterocycles. The molecule has 0 bridgehead atoms. The molecule has 0 spiro atoms.